The number of sulfone groups is 1. The smallest absolute Gasteiger partial charge is 0.320 e. The molecule has 2 rings (SSSR count). The molecule has 2 aliphatic rings. The van der Waals surface area contributed by atoms with Crippen molar-refractivity contribution in [3.05, 3.63) is 0 Å². The van der Waals surface area contributed by atoms with Crippen LogP contribution in [0.4, 0.5) is 4.79 Å². The molecule has 0 radical (unpaired) electrons. The van der Waals surface area contributed by atoms with Crippen LogP contribution in [0.3, 0.4) is 0 Å². The number of carbonyl (C=O) groups is 2. The Bertz CT molecular complexity index is 547. The van der Waals surface area contributed by atoms with Crippen LogP contribution in [0, 0.1) is 5.41 Å². The average molecular weight is 318 g/mol. The second-order valence-electron chi connectivity index (χ2n) is 6.06. The fourth-order valence-electron chi connectivity index (χ4n) is 3.11. The second-order valence-corrected chi connectivity index (χ2v) is 8.29. The summed E-state index contributed by atoms with van der Waals surface area (Å²) in [5.41, 5.74) is -0.863. The topological polar surface area (TPSA) is 95.0 Å². The Kier molecular flexibility index (Phi) is 4.19. The second kappa shape index (κ2) is 5.47. The maximum Gasteiger partial charge on any atom is 0.320 e. The largest absolute Gasteiger partial charge is 0.481 e. The SMILES string of the molecule is CCC1(C(=O)O)CCN(C(=O)N(C)C2CCS(=O)(=O)C2)C1. The number of nitrogens with zero attached hydrogens (tertiary/aromatic N) is 2. The summed E-state index contributed by atoms with van der Waals surface area (Å²) in [7, 11) is -1.45. The minimum atomic E-state index is -3.04. The van der Waals surface area contributed by atoms with Crippen LogP contribution in [-0.4, -0.2) is 73.0 Å². The fourth-order valence-corrected chi connectivity index (χ4v) is 4.88. The monoisotopic (exact) mass is 318 g/mol. The number of carbonyl (C=O) groups excluding carboxylic acids is 1. The molecule has 2 fully saturated rings. The molecule has 2 amide bonds. The summed E-state index contributed by atoms with van der Waals surface area (Å²) in [4.78, 5) is 26.8. The molecular formula is C13H22N2O5S. The van der Waals surface area contributed by atoms with E-state index in [2.05, 4.69) is 0 Å². The first-order valence-corrected chi connectivity index (χ1v) is 8.98. The number of rotatable bonds is 3. The molecule has 0 bridgehead atoms. The Balaban J connectivity index is 2.03. The zero-order chi connectivity index (χ0) is 15.8. The highest BCUT2D eigenvalue weighted by atomic mass is 32.2. The maximum absolute atomic E-state index is 12.4. The van der Waals surface area contributed by atoms with Gasteiger partial charge in [0.15, 0.2) is 9.84 Å². The zero-order valence-corrected chi connectivity index (χ0v) is 13.2. The van der Waals surface area contributed by atoms with Gasteiger partial charge in [-0.15, -0.1) is 0 Å². The molecule has 7 nitrogen and oxygen atoms in total. The van der Waals surface area contributed by atoms with Crippen molar-refractivity contribution < 1.29 is 23.1 Å². The molecule has 21 heavy (non-hydrogen) atoms. The van der Waals surface area contributed by atoms with Gasteiger partial charge in [-0.1, -0.05) is 6.92 Å². The Hall–Kier alpha value is -1.31. The van der Waals surface area contributed by atoms with Crippen molar-refractivity contribution in [3.63, 3.8) is 0 Å². The molecule has 0 aromatic carbocycles. The first kappa shape index (κ1) is 16.1. The van der Waals surface area contributed by atoms with Gasteiger partial charge in [0.1, 0.15) is 0 Å². The zero-order valence-electron chi connectivity index (χ0n) is 12.4. The normalized spacial score (nSPS) is 31.3. The summed E-state index contributed by atoms with van der Waals surface area (Å²) >= 11 is 0. The van der Waals surface area contributed by atoms with Crippen LogP contribution >= 0.6 is 0 Å². The van der Waals surface area contributed by atoms with E-state index < -0.39 is 21.2 Å². The molecule has 1 N–H and O–H groups in total. The molecule has 0 aromatic heterocycles. The van der Waals surface area contributed by atoms with E-state index in [0.29, 0.717) is 25.8 Å². The number of carboxylic acids is 1. The van der Waals surface area contributed by atoms with Crippen molar-refractivity contribution in [3.8, 4) is 0 Å². The maximum atomic E-state index is 12.4. The van der Waals surface area contributed by atoms with E-state index in [9.17, 15) is 23.1 Å². The molecule has 0 aromatic rings. The Morgan fingerprint density at radius 2 is 2.10 bits per heavy atom. The van der Waals surface area contributed by atoms with Gasteiger partial charge in [0, 0.05) is 26.2 Å². The number of hydrogen-bond acceptors (Lipinski definition) is 4. The number of hydrogen-bond donors (Lipinski definition) is 1. The molecule has 0 aliphatic carbocycles. The summed E-state index contributed by atoms with van der Waals surface area (Å²) < 4.78 is 23.0. The summed E-state index contributed by atoms with van der Waals surface area (Å²) in [6.45, 7) is 2.42. The highest BCUT2D eigenvalue weighted by Gasteiger charge is 2.46. The van der Waals surface area contributed by atoms with Crippen LogP contribution in [0.1, 0.15) is 26.2 Å². The van der Waals surface area contributed by atoms with Crippen LogP contribution in [0.5, 0.6) is 0 Å². The summed E-state index contributed by atoms with van der Waals surface area (Å²) in [6.07, 6.45) is 1.38. The van der Waals surface area contributed by atoms with Crippen LogP contribution in [-0.2, 0) is 14.6 Å². The van der Waals surface area contributed by atoms with Crippen molar-refractivity contribution in [1.29, 1.82) is 0 Å². The molecule has 0 spiro atoms. The predicted octanol–water partition coefficient (Wildman–Crippen LogP) is 0.412. The van der Waals surface area contributed by atoms with E-state index >= 15 is 0 Å². The highest BCUT2D eigenvalue weighted by molar-refractivity contribution is 7.91. The van der Waals surface area contributed by atoms with Gasteiger partial charge in [-0.05, 0) is 19.3 Å². The van der Waals surface area contributed by atoms with Gasteiger partial charge in [-0.2, -0.15) is 0 Å². The quantitative estimate of drug-likeness (QED) is 0.813. The minimum absolute atomic E-state index is 0.000924. The van der Waals surface area contributed by atoms with E-state index in [1.165, 1.54) is 9.80 Å². The number of urea groups is 1. The molecule has 2 aliphatic heterocycles. The van der Waals surface area contributed by atoms with Gasteiger partial charge < -0.3 is 14.9 Å². The van der Waals surface area contributed by atoms with Crippen molar-refractivity contribution in [2.24, 2.45) is 5.41 Å². The van der Waals surface area contributed by atoms with Crippen LogP contribution in [0.15, 0.2) is 0 Å². The van der Waals surface area contributed by atoms with Crippen LogP contribution in [0.2, 0.25) is 0 Å². The van der Waals surface area contributed by atoms with Crippen LogP contribution < -0.4 is 0 Å². The van der Waals surface area contributed by atoms with Gasteiger partial charge >= 0.3 is 12.0 Å². The molecule has 120 valence electrons. The number of likely N-dealkylation sites (tertiary alicyclic amines) is 1. The molecular weight excluding hydrogens is 296 g/mol. The number of amides is 2. The minimum Gasteiger partial charge on any atom is -0.481 e. The molecule has 2 atom stereocenters. The lowest BCUT2D eigenvalue weighted by atomic mass is 9.84. The standard InChI is InChI=1S/C13H22N2O5S/c1-3-13(11(16)17)5-6-15(9-13)12(18)14(2)10-4-7-21(19,20)8-10/h10H,3-9H2,1-2H3,(H,16,17). The molecule has 8 heteroatoms. The molecule has 2 unspecified atom stereocenters. The van der Waals surface area contributed by atoms with E-state index in [0.717, 1.165) is 0 Å². The van der Waals surface area contributed by atoms with Crippen molar-refractivity contribution in [2.75, 3.05) is 31.6 Å². The average Bonchev–Trinajstić information content (AvgIpc) is 3.01. The molecule has 2 heterocycles. The van der Waals surface area contributed by atoms with Gasteiger partial charge in [0.05, 0.1) is 16.9 Å². The summed E-state index contributed by atoms with van der Waals surface area (Å²) in [6, 6.07) is -0.572. The first-order chi connectivity index (χ1) is 9.71. The van der Waals surface area contributed by atoms with E-state index in [1.807, 2.05) is 6.92 Å². The van der Waals surface area contributed by atoms with Crippen molar-refractivity contribution in [2.45, 2.75) is 32.2 Å². The lowest BCUT2D eigenvalue weighted by Gasteiger charge is -2.30. The Morgan fingerprint density at radius 1 is 1.43 bits per heavy atom. The van der Waals surface area contributed by atoms with Gasteiger partial charge in [0.25, 0.3) is 0 Å². The highest BCUT2D eigenvalue weighted by Crippen LogP contribution is 2.35. The predicted molar refractivity (Wildman–Crippen MR) is 76.8 cm³/mol. The third-order valence-corrected chi connectivity index (χ3v) is 6.56. The summed E-state index contributed by atoms with van der Waals surface area (Å²) in [5.74, 6) is -0.754. The Morgan fingerprint density at radius 3 is 2.52 bits per heavy atom. The van der Waals surface area contributed by atoms with Crippen molar-refractivity contribution in [1.82, 2.24) is 9.80 Å². The first-order valence-electron chi connectivity index (χ1n) is 7.16. The molecule has 0 saturated carbocycles. The van der Waals surface area contributed by atoms with E-state index in [-0.39, 0.29) is 30.1 Å². The Labute approximate surface area is 124 Å². The number of aliphatic carboxylic acids is 1. The van der Waals surface area contributed by atoms with Gasteiger partial charge in [0.2, 0.25) is 0 Å². The van der Waals surface area contributed by atoms with E-state index in [1.54, 1.807) is 7.05 Å². The van der Waals surface area contributed by atoms with Gasteiger partial charge in [-0.25, -0.2) is 13.2 Å². The van der Waals surface area contributed by atoms with Crippen molar-refractivity contribution >= 4 is 21.8 Å². The fraction of sp³-hybridized carbons (Fsp3) is 0.846. The van der Waals surface area contributed by atoms with Crippen LogP contribution in [0.25, 0.3) is 0 Å². The van der Waals surface area contributed by atoms with Gasteiger partial charge in [-0.3, -0.25) is 4.79 Å². The lowest BCUT2D eigenvalue weighted by molar-refractivity contribution is -0.148. The third kappa shape index (κ3) is 3.00. The molecule has 2 saturated heterocycles. The number of carboxylic acid groups (broad SMARTS) is 1. The summed E-state index contributed by atoms with van der Waals surface area (Å²) in [5, 5.41) is 9.35. The van der Waals surface area contributed by atoms with E-state index in [4.69, 9.17) is 0 Å². The third-order valence-electron chi connectivity index (χ3n) is 4.81. The lowest BCUT2D eigenvalue weighted by Crippen LogP contribution is -2.47.